The third kappa shape index (κ3) is 3.25. The molecule has 20 heavy (non-hydrogen) atoms. The Morgan fingerprint density at radius 3 is 2.30 bits per heavy atom. The summed E-state index contributed by atoms with van der Waals surface area (Å²) in [5, 5.41) is -0.232. The van der Waals surface area contributed by atoms with Gasteiger partial charge in [-0.25, -0.2) is 0 Å². The maximum Gasteiger partial charge on any atom is 0.221 e. The lowest BCUT2D eigenvalue weighted by Gasteiger charge is -2.42. The number of hydrogen-bond donors (Lipinski definition) is 0. The minimum atomic E-state index is -0.232. The number of carbonyl (C=O) groups excluding carboxylic acids is 1. The van der Waals surface area contributed by atoms with Crippen molar-refractivity contribution in [2.75, 3.05) is 0 Å². The van der Waals surface area contributed by atoms with Gasteiger partial charge in [0.2, 0.25) is 5.24 Å². The lowest BCUT2D eigenvalue weighted by atomic mass is 9.63. The van der Waals surface area contributed by atoms with Gasteiger partial charge in [0.25, 0.3) is 0 Å². The van der Waals surface area contributed by atoms with Crippen molar-refractivity contribution in [2.45, 2.75) is 70.6 Å². The van der Waals surface area contributed by atoms with Crippen LogP contribution in [0.1, 0.15) is 70.1 Å². The van der Waals surface area contributed by atoms with Crippen molar-refractivity contribution in [1.29, 1.82) is 0 Å². The molecule has 0 atom stereocenters. The smallest absolute Gasteiger partial charge is 0.221 e. The first-order valence-electron chi connectivity index (χ1n) is 7.55. The minimum absolute atomic E-state index is 0.232. The zero-order chi connectivity index (χ0) is 15.0. The fourth-order valence-electron chi connectivity index (χ4n) is 3.22. The van der Waals surface area contributed by atoms with Crippen LogP contribution in [-0.2, 0) is 22.0 Å². The van der Waals surface area contributed by atoms with Gasteiger partial charge >= 0.3 is 0 Å². The summed E-state index contributed by atoms with van der Waals surface area (Å²) < 4.78 is 0. The number of rotatable bonds is 4. The van der Waals surface area contributed by atoms with E-state index >= 15 is 0 Å². The third-order valence-electron chi connectivity index (χ3n) is 4.76. The Labute approximate surface area is 127 Å². The number of carbonyl (C=O) groups is 1. The highest BCUT2D eigenvalue weighted by atomic mass is 35.5. The van der Waals surface area contributed by atoms with Gasteiger partial charge in [0, 0.05) is 6.42 Å². The SMILES string of the molecule is CC1(C)CCC(C)(C)c2cc(CCCC(=O)Cl)ccc21. The lowest BCUT2D eigenvalue weighted by molar-refractivity contribution is -0.111. The number of benzene rings is 1. The standard InChI is InChI=1S/C18H25ClO/c1-17(2)10-11-18(3,4)15-12-13(8-9-14(15)17)6-5-7-16(19)20/h8-9,12H,5-7,10-11H2,1-4H3. The maximum atomic E-state index is 10.8. The van der Waals surface area contributed by atoms with Crippen molar-refractivity contribution in [1.82, 2.24) is 0 Å². The van der Waals surface area contributed by atoms with Crippen molar-refractivity contribution in [3.8, 4) is 0 Å². The molecule has 1 aliphatic carbocycles. The second-order valence-electron chi connectivity index (χ2n) is 7.36. The van der Waals surface area contributed by atoms with Crippen LogP contribution in [0.3, 0.4) is 0 Å². The van der Waals surface area contributed by atoms with Crippen LogP contribution in [0, 0.1) is 0 Å². The highest BCUT2D eigenvalue weighted by Gasteiger charge is 2.36. The van der Waals surface area contributed by atoms with Crippen LogP contribution in [-0.4, -0.2) is 5.24 Å². The Morgan fingerprint density at radius 2 is 1.70 bits per heavy atom. The average molecular weight is 293 g/mol. The summed E-state index contributed by atoms with van der Waals surface area (Å²) in [6.45, 7) is 9.36. The molecule has 0 N–H and O–H groups in total. The molecule has 1 aromatic carbocycles. The Hall–Kier alpha value is -0.820. The van der Waals surface area contributed by atoms with Gasteiger partial charge in [0.05, 0.1) is 0 Å². The van der Waals surface area contributed by atoms with Crippen LogP contribution >= 0.6 is 11.6 Å². The molecule has 0 spiro atoms. The number of hydrogen-bond acceptors (Lipinski definition) is 1. The van der Waals surface area contributed by atoms with Gasteiger partial charge in [-0.05, 0) is 64.8 Å². The first-order valence-corrected chi connectivity index (χ1v) is 7.92. The van der Waals surface area contributed by atoms with Gasteiger partial charge in [0.15, 0.2) is 0 Å². The summed E-state index contributed by atoms with van der Waals surface area (Å²) in [7, 11) is 0. The normalized spacial score (nSPS) is 19.4. The van der Waals surface area contributed by atoms with Crippen molar-refractivity contribution in [3.63, 3.8) is 0 Å². The molecule has 0 aliphatic heterocycles. The fourth-order valence-corrected chi connectivity index (χ4v) is 3.36. The van der Waals surface area contributed by atoms with Gasteiger partial charge in [-0.3, -0.25) is 4.79 Å². The molecule has 0 radical (unpaired) electrons. The van der Waals surface area contributed by atoms with E-state index in [0.29, 0.717) is 6.42 Å². The Kier molecular flexibility index (Phi) is 4.30. The zero-order valence-electron chi connectivity index (χ0n) is 13.1. The quantitative estimate of drug-likeness (QED) is 0.704. The topological polar surface area (TPSA) is 17.1 Å². The fraction of sp³-hybridized carbons (Fsp3) is 0.611. The van der Waals surface area contributed by atoms with E-state index in [9.17, 15) is 4.79 Å². The van der Waals surface area contributed by atoms with Gasteiger partial charge in [0.1, 0.15) is 0 Å². The predicted molar refractivity (Wildman–Crippen MR) is 85.5 cm³/mol. The van der Waals surface area contributed by atoms with E-state index in [2.05, 4.69) is 45.9 Å². The van der Waals surface area contributed by atoms with Gasteiger partial charge < -0.3 is 0 Å². The molecule has 1 aliphatic rings. The first-order chi connectivity index (χ1) is 9.22. The summed E-state index contributed by atoms with van der Waals surface area (Å²) >= 11 is 5.40. The molecule has 2 heteroatoms. The number of fused-ring (bicyclic) bond motifs is 1. The Balaban J connectivity index is 2.26. The van der Waals surface area contributed by atoms with E-state index in [1.165, 1.54) is 29.5 Å². The number of aryl methyl sites for hydroxylation is 1. The molecule has 1 nitrogen and oxygen atoms in total. The van der Waals surface area contributed by atoms with Crippen molar-refractivity contribution in [2.24, 2.45) is 0 Å². The van der Waals surface area contributed by atoms with E-state index in [1.807, 2.05) is 0 Å². The molecule has 0 saturated heterocycles. The number of halogens is 1. The van der Waals surface area contributed by atoms with E-state index in [0.717, 1.165) is 12.8 Å². The zero-order valence-corrected chi connectivity index (χ0v) is 13.8. The highest BCUT2D eigenvalue weighted by Crippen LogP contribution is 2.45. The van der Waals surface area contributed by atoms with E-state index < -0.39 is 0 Å². The lowest BCUT2D eigenvalue weighted by Crippen LogP contribution is -2.33. The van der Waals surface area contributed by atoms with E-state index in [-0.39, 0.29) is 16.1 Å². The molecule has 2 rings (SSSR count). The van der Waals surface area contributed by atoms with Gasteiger partial charge in [-0.2, -0.15) is 0 Å². The van der Waals surface area contributed by atoms with Crippen LogP contribution in [0.5, 0.6) is 0 Å². The third-order valence-corrected chi connectivity index (χ3v) is 4.94. The Bertz CT molecular complexity index is 514. The molecule has 110 valence electrons. The van der Waals surface area contributed by atoms with Crippen LogP contribution in [0.15, 0.2) is 18.2 Å². The van der Waals surface area contributed by atoms with Crippen LogP contribution < -0.4 is 0 Å². The molecule has 0 unspecified atom stereocenters. The van der Waals surface area contributed by atoms with Gasteiger partial charge in [-0.1, -0.05) is 45.9 Å². The predicted octanol–water partition coefficient (Wildman–Crippen LogP) is 5.12. The van der Waals surface area contributed by atoms with Crippen molar-refractivity contribution < 1.29 is 4.79 Å². The first kappa shape index (κ1) is 15.6. The molecule has 0 amide bonds. The van der Waals surface area contributed by atoms with Crippen LogP contribution in [0.2, 0.25) is 0 Å². The summed E-state index contributed by atoms with van der Waals surface area (Å²) in [5.74, 6) is 0. The second kappa shape index (κ2) is 5.52. The van der Waals surface area contributed by atoms with Crippen LogP contribution in [0.4, 0.5) is 0 Å². The molecule has 0 heterocycles. The summed E-state index contributed by atoms with van der Waals surface area (Å²) in [5.41, 5.74) is 4.83. The molecular weight excluding hydrogens is 268 g/mol. The molecule has 1 aromatic rings. The van der Waals surface area contributed by atoms with E-state index in [4.69, 9.17) is 11.6 Å². The molecule has 0 bridgehead atoms. The summed E-state index contributed by atoms with van der Waals surface area (Å²) in [6, 6.07) is 6.88. The molecular formula is C18H25ClO. The van der Waals surface area contributed by atoms with E-state index in [1.54, 1.807) is 0 Å². The average Bonchev–Trinajstić information content (AvgIpc) is 2.35. The Morgan fingerprint density at radius 1 is 1.10 bits per heavy atom. The molecule has 0 aromatic heterocycles. The monoisotopic (exact) mass is 292 g/mol. The van der Waals surface area contributed by atoms with Crippen molar-refractivity contribution >= 4 is 16.8 Å². The highest BCUT2D eigenvalue weighted by molar-refractivity contribution is 6.63. The summed E-state index contributed by atoms with van der Waals surface area (Å²) in [6.07, 6.45) is 4.71. The van der Waals surface area contributed by atoms with Crippen molar-refractivity contribution in [3.05, 3.63) is 34.9 Å². The largest absolute Gasteiger partial charge is 0.281 e. The molecule has 0 saturated carbocycles. The maximum absolute atomic E-state index is 10.8. The van der Waals surface area contributed by atoms with Gasteiger partial charge in [-0.15, -0.1) is 0 Å². The molecule has 0 fully saturated rings. The second-order valence-corrected chi connectivity index (χ2v) is 7.78. The van der Waals surface area contributed by atoms with Crippen LogP contribution in [0.25, 0.3) is 0 Å². The minimum Gasteiger partial charge on any atom is -0.281 e. The summed E-state index contributed by atoms with van der Waals surface area (Å²) in [4.78, 5) is 10.8.